The van der Waals surface area contributed by atoms with Crippen LogP contribution in [0.1, 0.15) is 58.5 Å². The van der Waals surface area contributed by atoms with E-state index in [4.69, 9.17) is 0 Å². The highest BCUT2D eigenvalue weighted by Crippen LogP contribution is 2.24. The van der Waals surface area contributed by atoms with Crippen LogP contribution in [-0.4, -0.2) is 16.8 Å². The summed E-state index contributed by atoms with van der Waals surface area (Å²) in [6.07, 6.45) is 3.74. The Hall–Kier alpha value is -3.47. The number of carbonyl (C=O) groups is 2. The van der Waals surface area contributed by atoms with Gasteiger partial charge in [0.1, 0.15) is 0 Å². The van der Waals surface area contributed by atoms with Crippen molar-refractivity contribution in [3.8, 4) is 0 Å². The van der Waals surface area contributed by atoms with Crippen LogP contribution in [0.4, 0.5) is 11.4 Å². The lowest BCUT2D eigenvalue weighted by Crippen LogP contribution is -2.17. The summed E-state index contributed by atoms with van der Waals surface area (Å²) >= 11 is 0. The van der Waals surface area contributed by atoms with E-state index in [0.717, 1.165) is 28.9 Å². The number of pyridine rings is 1. The lowest BCUT2D eigenvalue weighted by Gasteiger charge is -2.14. The van der Waals surface area contributed by atoms with Gasteiger partial charge in [0.2, 0.25) is 0 Å². The zero-order valence-corrected chi connectivity index (χ0v) is 16.9. The van der Waals surface area contributed by atoms with Gasteiger partial charge >= 0.3 is 0 Å². The smallest absolute Gasteiger partial charge is 0.257 e. The Morgan fingerprint density at radius 1 is 0.862 bits per heavy atom. The van der Waals surface area contributed by atoms with Crippen molar-refractivity contribution in [2.75, 3.05) is 10.6 Å². The maximum atomic E-state index is 12.7. The first kappa shape index (κ1) is 20.3. The average Bonchev–Trinajstić information content (AvgIpc) is 2.74. The fourth-order valence-corrected chi connectivity index (χ4v) is 3.14. The van der Waals surface area contributed by atoms with Crippen LogP contribution in [0.25, 0.3) is 0 Å². The Balaban J connectivity index is 1.79. The minimum Gasteiger partial charge on any atom is -0.322 e. The van der Waals surface area contributed by atoms with Crippen molar-refractivity contribution in [2.24, 2.45) is 0 Å². The number of amides is 2. The van der Waals surface area contributed by atoms with Crippen LogP contribution >= 0.6 is 0 Å². The molecule has 0 saturated heterocycles. The molecule has 0 fully saturated rings. The number of rotatable bonds is 6. The second kappa shape index (κ2) is 9.15. The lowest BCUT2D eigenvalue weighted by molar-refractivity contribution is 0.102. The number of para-hydroxylation sites is 2. The first-order chi connectivity index (χ1) is 14.0. The topological polar surface area (TPSA) is 71.1 Å². The zero-order chi connectivity index (χ0) is 20.8. The summed E-state index contributed by atoms with van der Waals surface area (Å²) in [7, 11) is 0. The van der Waals surface area contributed by atoms with E-state index in [1.165, 1.54) is 12.4 Å². The van der Waals surface area contributed by atoms with E-state index in [1.54, 1.807) is 6.07 Å². The van der Waals surface area contributed by atoms with Crippen molar-refractivity contribution in [3.63, 3.8) is 0 Å². The molecule has 0 saturated carbocycles. The van der Waals surface area contributed by atoms with Gasteiger partial charge in [0.05, 0.1) is 11.1 Å². The molecule has 0 spiro atoms. The predicted octanol–water partition coefficient (Wildman–Crippen LogP) is 5.27. The lowest BCUT2D eigenvalue weighted by atomic mass is 10.0. The summed E-state index contributed by atoms with van der Waals surface area (Å²) in [5.41, 5.74) is 4.30. The van der Waals surface area contributed by atoms with E-state index in [-0.39, 0.29) is 17.7 Å². The Morgan fingerprint density at radius 3 is 2.03 bits per heavy atom. The van der Waals surface area contributed by atoms with Gasteiger partial charge < -0.3 is 10.6 Å². The molecule has 2 N–H and O–H groups in total. The molecule has 1 heterocycles. The van der Waals surface area contributed by atoms with Crippen LogP contribution < -0.4 is 10.6 Å². The van der Waals surface area contributed by atoms with E-state index >= 15 is 0 Å². The van der Waals surface area contributed by atoms with E-state index in [1.807, 2.05) is 55.5 Å². The molecule has 5 heteroatoms. The molecule has 1 aromatic heterocycles. The quantitative estimate of drug-likeness (QED) is 0.605. The van der Waals surface area contributed by atoms with Gasteiger partial charge in [-0.2, -0.15) is 0 Å². The molecule has 0 unspecified atom stereocenters. The molecule has 3 aromatic rings. The third-order valence-electron chi connectivity index (χ3n) is 4.74. The summed E-state index contributed by atoms with van der Waals surface area (Å²) < 4.78 is 0. The molecule has 0 radical (unpaired) electrons. The molecular weight excluding hydrogens is 362 g/mol. The summed E-state index contributed by atoms with van der Waals surface area (Å²) in [5.74, 6) is -0.315. The summed E-state index contributed by atoms with van der Waals surface area (Å²) in [6, 6.07) is 16.9. The molecule has 3 rings (SSSR count). The second-order valence-electron chi connectivity index (χ2n) is 7.12. The number of aromatic nitrogens is 1. The molecule has 0 atom stereocenters. The van der Waals surface area contributed by atoms with Crippen LogP contribution in [0.2, 0.25) is 0 Å². The van der Waals surface area contributed by atoms with Crippen molar-refractivity contribution >= 4 is 23.2 Å². The fourth-order valence-electron chi connectivity index (χ4n) is 3.14. The highest BCUT2D eigenvalue weighted by molar-refractivity contribution is 6.08. The summed E-state index contributed by atoms with van der Waals surface area (Å²) in [6.45, 7) is 6.18. The minimum absolute atomic E-state index is 0.278. The molecule has 148 valence electrons. The standard InChI is InChI=1S/C24H25N3O2/c1-4-17-9-5-7-11-21(17)26-23(28)18-13-19(15-25-14-18)24(29)27-22-12-8-6-10-20(22)16(2)3/h5-16H,4H2,1-3H3,(H,26,28)(H,27,29). The molecule has 2 aromatic carbocycles. The molecule has 0 aliphatic carbocycles. The van der Waals surface area contributed by atoms with Gasteiger partial charge in [0.25, 0.3) is 11.8 Å². The molecule has 5 nitrogen and oxygen atoms in total. The molecule has 0 aliphatic heterocycles. The first-order valence-electron chi connectivity index (χ1n) is 9.74. The van der Waals surface area contributed by atoms with Crippen molar-refractivity contribution in [3.05, 3.63) is 89.2 Å². The Morgan fingerprint density at radius 2 is 1.41 bits per heavy atom. The maximum absolute atomic E-state index is 12.7. The van der Waals surface area contributed by atoms with Gasteiger partial charge in [0.15, 0.2) is 0 Å². The van der Waals surface area contributed by atoms with Crippen LogP contribution in [0.5, 0.6) is 0 Å². The number of benzene rings is 2. The summed E-state index contributed by atoms with van der Waals surface area (Å²) in [4.78, 5) is 29.5. The zero-order valence-electron chi connectivity index (χ0n) is 16.9. The third kappa shape index (κ3) is 4.88. The highest BCUT2D eigenvalue weighted by atomic mass is 16.2. The number of nitrogens with zero attached hydrogens (tertiary/aromatic N) is 1. The number of hydrogen-bond acceptors (Lipinski definition) is 3. The van der Waals surface area contributed by atoms with Crippen molar-refractivity contribution in [1.82, 2.24) is 4.98 Å². The van der Waals surface area contributed by atoms with Gasteiger partial charge in [-0.1, -0.05) is 57.2 Å². The number of hydrogen-bond donors (Lipinski definition) is 2. The molecule has 0 bridgehead atoms. The number of aryl methyl sites for hydroxylation is 1. The second-order valence-corrected chi connectivity index (χ2v) is 7.12. The fraction of sp³-hybridized carbons (Fsp3) is 0.208. The molecule has 2 amide bonds. The Kier molecular flexibility index (Phi) is 6.39. The van der Waals surface area contributed by atoms with Crippen LogP contribution in [0.3, 0.4) is 0 Å². The normalized spacial score (nSPS) is 10.6. The Labute approximate surface area is 171 Å². The number of anilines is 2. The maximum Gasteiger partial charge on any atom is 0.257 e. The van der Waals surface area contributed by atoms with Gasteiger partial charge in [0, 0.05) is 23.8 Å². The van der Waals surface area contributed by atoms with E-state index in [2.05, 4.69) is 29.5 Å². The van der Waals surface area contributed by atoms with Gasteiger partial charge in [-0.25, -0.2) is 0 Å². The van der Waals surface area contributed by atoms with E-state index in [9.17, 15) is 9.59 Å². The Bertz CT molecular complexity index is 1030. The largest absolute Gasteiger partial charge is 0.322 e. The van der Waals surface area contributed by atoms with E-state index < -0.39 is 0 Å². The first-order valence-corrected chi connectivity index (χ1v) is 9.74. The number of nitrogens with one attached hydrogen (secondary N) is 2. The summed E-state index contributed by atoms with van der Waals surface area (Å²) in [5, 5.41) is 5.84. The third-order valence-corrected chi connectivity index (χ3v) is 4.74. The number of carbonyl (C=O) groups excluding carboxylic acids is 2. The molecule has 0 aliphatic rings. The molecule has 29 heavy (non-hydrogen) atoms. The molecular formula is C24H25N3O2. The van der Waals surface area contributed by atoms with Gasteiger partial charge in [-0.05, 0) is 41.7 Å². The van der Waals surface area contributed by atoms with Crippen molar-refractivity contribution in [2.45, 2.75) is 33.1 Å². The highest BCUT2D eigenvalue weighted by Gasteiger charge is 2.14. The average molecular weight is 387 g/mol. The van der Waals surface area contributed by atoms with Crippen LogP contribution in [0.15, 0.2) is 67.0 Å². The van der Waals surface area contributed by atoms with Crippen molar-refractivity contribution in [1.29, 1.82) is 0 Å². The monoisotopic (exact) mass is 387 g/mol. The SMILES string of the molecule is CCc1ccccc1NC(=O)c1cncc(C(=O)Nc2ccccc2C(C)C)c1. The van der Waals surface area contributed by atoms with Crippen molar-refractivity contribution < 1.29 is 9.59 Å². The predicted molar refractivity (Wildman–Crippen MR) is 116 cm³/mol. The minimum atomic E-state index is -0.297. The van der Waals surface area contributed by atoms with Gasteiger partial charge in [-0.3, -0.25) is 14.6 Å². The van der Waals surface area contributed by atoms with Crippen LogP contribution in [-0.2, 0) is 6.42 Å². The van der Waals surface area contributed by atoms with Gasteiger partial charge in [-0.15, -0.1) is 0 Å². The van der Waals surface area contributed by atoms with E-state index in [0.29, 0.717) is 11.1 Å². The van der Waals surface area contributed by atoms with Crippen LogP contribution in [0, 0.1) is 0 Å².